The van der Waals surface area contributed by atoms with E-state index in [4.69, 9.17) is 10.00 Å². The van der Waals surface area contributed by atoms with Gasteiger partial charge in [-0.3, -0.25) is 4.90 Å². The molecule has 1 aromatic heterocycles. The maximum Gasteiger partial charge on any atom is 0.183 e. The van der Waals surface area contributed by atoms with Gasteiger partial charge in [0.1, 0.15) is 12.7 Å². The Morgan fingerprint density at radius 3 is 2.44 bits per heavy atom. The van der Waals surface area contributed by atoms with E-state index in [1.54, 1.807) is 12.4 Å². The van der Waals surface area contributed by atoms with Crippen molar-refractivity contribution in [3.8, 4) is 17.9 Å². The summed E-state index contributed by atoms with van der Waals surface area (Å²) in [4.78, 5) is 15.4. The third-order valence-corrected chi connectivity index (χ3v) is 5.26. The molecular weight excluding hydrogens is 340 g/mol. The van der Waals surface area contributed by atoms with Gasteiger partial charge in [0.15, 0.2) is 11.5 Å². The molecule has 0 amide bonds. The van der Waals surface area contributed by atoms with Crippen molar-refractivity contribution in [1.82, 2.24) is 19.8 Å². The number of hydrogen-bond donors (Lipinski definition) is 0. The minimum atomic E-state index is 0.228. The Bertz CT molecular complexity index is 690. The Morgan fingerprint density at radius 2 is 1.74 bits per heavy atom. The van der Waals surface area contributed by atoms with Gasteiger partial charge in [-0.2, -0.15) is 5.26 Å². The number of hydrogen-bond acceptors (Lipinski definition) is 7. The lowest BCUT2D eigenvalue weighted by molar-refractivity contribution is 0.0593. The van der Waals surface area contributed by atoms with Gasteiger partial charge in [0.25, 0.3) is 0 Å². The van der Waals surface area contributed by atoms with E-state index in [-0.39, 0.29) is 6.10 Å². The largest absolute Gasteiger partial charge is 0.365 e. The third kappa shape index (κ3) is 5.64. The van der Waals surface area contributed by atoms with Crippen molar-refractivity contribution in [2.75, 3.05) is 63.9 Å². The molecule has 0 N–H and O–H groups in total. The van der Waals surface area contributed by atoms with Crippen molar-refractivity contribution in [3.05, 3.63) is 18.1 Å². The molecule has 0 radical (unpaired) electrons. The molecule has 0 aliphatic carbocycles. The second kappa shape index (κ2) is 10.2. The standard InChI is InChI=1S/C20H28N6O/c1-2-24-12-14-25(15-13-24)9-3-4-16-27-18-5-10-26(11-6-18)20-19(17-21)22-7-8-23-20/h7-8,18H,2,5-6,9-16H2,1H3. The van der Waals surface area contributed by atoms with Crippen LogP contribution in [0, 0.1) is 23.2 Å². The second-order valence-electron chi connectivity index (χ2n) is 6.90. The number of piperidine rings is 1. The molecule has 3 rings (SSSR count). The minimum absolute atomic E-state index is 0.228. The first-order valence-corrected chi connectivity index (χ1v) is 9.78. The number of likely N-dealkylation sites (N-methyl/N-ethyl adjacent to an activating group) is 1. The fourth-order valence-corrected chi connectivity index (χ4v) is 3.52. The van der Waals surface area contributed by atoms with Gasteiger partial charge >= 0.3 is 0 Å². The van der Waals surface area contributed by atoms with E-state index >= 15 is 0 Å². The van der Waals surface area contributed by atoms with Gasteiger partial charge in [-0.1, -0.05) is 18.8 Å². The quantitative estimate of drug-likeness (QED) is 0.718. The number of ether oxygens (including phenoxy) is 1. The molecular formula is C20H28N6O. The third-order valence-electron chi connectivity index (χ3n) is 5.26. The molecule has 3 heterocycles. The fraction of sp³-hybridized carbons (Fsp3) is 0.650. The molecule has 2 aliphatic rings. The van der Waals surface area contributed by atoms with Crippen molar-refractivity contribution in [2.45, 2.75) is 25.9 Å². The zero-order valence-corrected chi connectivity index (χ0v) is 16.1. The highest BCUT2D eigenvalue weighted by Crippen LogP contribution is 2.21. The van der Waals surface area contributed by atoms with E-state index in [0.717, 1.165) is 65.2 Å². The lowest BCUT2D eigenvalue weighted by atomic mass is 10.1. The molecule has 2 aliphatic heterocycles. The number of piperazine rings is 1. The zero-order valence-electron chi connectivity index (χ0n) is 16.1. The number of aromatic nitrogens is 2. The summed E-state index contributed by atoms with van der Waals surface area (Å²) in [5.74, 6) is 7.09. The molecule has 2 saturated heterocycles. The van der Waals surface area contributed by atoms with Crippen LogP contribution in [0.4, 0.5) is 5.82 Å². The van der Waals surface area contributed by atoms with Crippen LogP contribution in [0.5, 0.6) is 0 Å². The maximum absolute atomic E-state index is 9.16. The van der Waals surface area contributed by atoms with Gasteiger partial charge in [-0.15, -0.1) is 0 Å². The summed E-state index contributed by atoms with van der Waals surface area (Å²) in [7, 11) is 0. The predicted molar refractivity (Wildman–Crippen MR) is 104 cm³/mol. The van der Waals surface area contributed by atoms with Crippen LogP contribution >= 0.6 is 0 Å². The summed E-state index contributed by atoms with van der Waals surface area (Å²) in [6, 6.07) is 2.11. The highest BCUT2D eigenvalue weighted by Gasteiger charge is 2.22. The summed E-state index contributed by atoms with van der Waals surface area (Å²) >= 11 is 0. The average Bonchev–Trinajstić information content (AvgIpc) is 2.74. The van der Waals surface area contributed by atoms with E-state index < -0.39 is 0 Å². The van der Waals surface area contributed by atoms with E-state index in [9.17, 15) is 0 Å². The predicted octanol–water partition coefficient (Wildman–Crippen LogP) is 0.975. The summed E-state index contributed by atoms with van der Waals surface area (Å²) in [6.07, 6.45) is 5.26. The number of rotatable bonds is 5. The van der Waals surface area contributed by atoms with Crippen molar-refractivity contribution < 1.29 is 4.74 Å². The zero-order chi connectivity index (χ0) is 18.9. The summed E-state index contributed by atoms with van der Waals surface area (Å²) in [6.45, 7) is 10.8. The van der Waals surface area contributed by atoms with Crippen molar-refractivity contribution >= 4 is 5.82 Å². The topological polar surface area (TPSA) is 68.5 Å². The first-order chi connectivity index (χ1) is 13.3. The van der Waals surface area contributed by atoms with E-state index in [1.165, 1.54) is 0 Å². The van der Waals surface area contributed by atoms with Gasteiger partial charge in [0.2, 0.25) is 0 Å². The molecule has 0 saturated carbocycles. The molecule has 2 fully saturated rings. The molecule has 7 heteroatoms. The Labute approximate surface area is 161 Å². The Hall–Kier alpha value is -2.19. The van der Waals surface area contributed by atoms with E-state index in [1.807, 2.05) is 0 Å². The molecule has 0 unspecified atom stereocenters. The van der Waals surface area contributed by atoms with Gasteiger partial charge in [-0.25, -0.2) is 9.97 Å². The fourth-order valence-electron chi connectivity index (χ4n) is 3.52. The van der Waals surface area contributed by atoms with Crippen LogP contribution in [0.1, 0.15) is 25.5 Å². The van der Waals surface area contributed by atoms with Crippen LogP contribution in [-0.2, 0) is 4.74 Å². The van der Waals surface area contributed by atoms with Crippen LogP contribution in [0.2, 0.25) is 0 Å². The Morgan fingerprint density at radius 1 is 1.04 bits per heavy atom. The first kappa shape index (κ1) is 19.6. The first-order valence-electron chi connectivity index (χ1n) is 9.78. The molecule has 0 bridgehead atoms. The van der Waals surface area contributed by atoms with Crippen LogP contribution < -0.4 is 4.90 Å². The van der Waals surface area contributed by atoms with Crippen molar-refractivity contribution in [3.63, 3.8) is 0 Å². The summed E-state index contributed by atoms with van der Waals surface area (Å²) < 4.78 is 5.92. The number of anilines is 1. The molecule has 144 valence electrons. The summed E-state index contributed by atoms with van der Waals surface area (Å²) in [5, 5.41) is 9.16. The molecule has 0 aromatic carbocycles. The molecule has 7 nitrogen and oxygen atoms in total. The van der Waals surface area contributed by atoms with Crippen LogP contribution in [0.15, 0.2) is 12.4 Å². The van der Waals surface area contributed by atoms with Crippen molar-refractivity contribution in [2.24, 2.45) is 0 Å². The van der Waals surface area contributed by atoms with E-state index in [2.05, 4.69) is 49.5 Å². The SMILES string of the molecule is CCN1CCN(CC#CCOC2CCN(c3nccnc3C#N)CC2)CC1. The Balaban J connectivity index is 1.34. The lowest BCUT2D eigenvalue weighted by Gasteiger charge is -2.32. The second-order valence-corrected chi connectivity index (χ2v) is 6.90. The normalized spacial score (nSPS) is 19.3. The van der Waals surface area contributed by atoms with Crippen LogP contribution in [-0.4, -0.2) is 84.8 Å². The minimum Gasteiger partial charge on any atom is -0.365 e. The van der Waals surface area contributed by atoms with Gasteiger partial charge in [0, 0.05) is 51.7 Å². The molecule has 1 aromatic rings. The molecule has 0 spiro atoms. The smallest absolute Gasteiger partial charge is 0.183 e. The molecule has 27 heavy (non-hydrogen) atoms. The van der Waals surface area contributed by atoms with Gasteiger partial charge in [0.05, 0.1) is 12.6 Å². The van der Waals surface area contributed by atoms with Crippen LogP contribution in [0.25, 0.3) is 0 Å². The highest BCUT2D eigenvalue weighted by atomic mass is 16.5. The van der Waals surface area contributed by atoms with Crippen LogP contribution in [0.3, 0.4) is 0 Å². The average molecular weight is 368 g/mol. The van der Waals surface area contributed by atoms with E-state index in [0.29, 0.717) is 18.1 Å². The summed E-state index contributed by atoms with van der Waals surface area (Å²) in [5.41, 5.74) is 0.391. The lowest BCUT2D eigenvalue weighted by Crippen LogP contribution is -2.46. The maximum atomic E-state index is 9.16. The van der Waals surface area contributed by atoms with Gasteiger partial charge < -0.3 is 14.5 Å². The Kier molecular flexibility index (Phi) is 7.41. The number of nitriles is 1. The monoisotopic (exact) mass is 368 g/mol. The van der Waals surface area contributed by atoms with Gasteiger partial charge in [-0.05, 0) is 19.4 Å². The molecule has 0 atom stereocenters. The highest BCUT2D eigenvalue weighted by molar-refractivity contribution is 5.49. The van der Waals surface area contributed by atoms with Crippen molar-refractivity contribution in [1.29, 1.82) is 5.26 Å². The number of nitrogens with zero attached hydrogens (tertiary/aromatic N) is 6.